The number of halogens is 3. The maximum atomic E-state index is 13.1. The predicted octanol–water partition coefficient (Wildman–Crippen LogP) is 2.45. The Kier molecular flexibility index (Phi) is 6.43. The molecule has 3 aromatic heterocycles. The molecule has 38 heavy (non-hydrogen) atoms. The molecule has 0 atom stereocenters. The molecule has 0 radical (unpaired) electrons. The second kappa shape index (κ2) is 9.47. The molecule has 0 saturated carbocycles. The van der Waals surface area contributed by atoms with Gasteiger partial charge in [-0.25, -0.2) is 28.1 Å². The van der Waals surface area contributed by atoms with Gasteiger partial charge < -0.3 is 5.32 Å². The third-order valence-electron chi connectivity index (χ3n) is 6.13. The molecule has 0 fully saturated rings. The van der Waals surface area contributed by atoms with Crippen LogP contribution in [0.2, 0.25) is 0 Å². The largest absolute Gasteiger partial charge is 0.511 e. The number of hydrogen-bond acceptors (Lipinski definition) is 7. The lowest BCUT2D eigenvalue weighted by molar-refractivity contribution is -0.0496. The van der Waals surface area contributed by atoms with Crippen LogP contribution in [0.4, 0.5) is 13.2 Å². The highest BCUT2D eigenvalue weighted by atomic mass is 32.2. The highest BCUT2D eigenvalue weighted by Gasteiger charge is 2.50. The van der Waals surface area contributed by atoms with E-state index in [9.17, 15) is 26.4 Å². The molecule has 0 bridgehead atoms. The van der Waals surface area contributed by atoms with E-state index in [0.29, 0.717) is 33.5 Å². The third kappa shape index (κ3) is 4.62. The van der Waals surface area contributed by atoms with Crippen LogP contribution in [0.15, 0.2) is 36.7 Å². The van der Waals surface area contributed by atoms with Crippen molar-refractivity contribution in [2.45, 2.75) is 45.4 Å². The Bertz CT molecular complexity index is 1650. The lowest BCUT2D eigenvalue weighted by Gasteiger charge is -2.26. The van der Waals surface area contributed by atoms with Gasteiger partial charge in [0.2, 0.25) is 5.78 Å². The number of benzene rings is 1. The number of amides is 1. The Hall–Kier alpha value is -3.85. The molecule has 0 aliphatic carbocycles. The summed E-state index contributed by atoms with van der Waals surface area (Å²) >= 11 is 0. The van der Waals surface area contributed by atoms with Crippen LogP contribution in [0.5, 0.6) is 0 Å². The number of nitrogens with zero attached hydrogens (tertiary/aromatic N) is 7. The van der Waals surface area contributed by atoms with Crippen LogP contribution in [0.1, 0.15) is 40.1 Å². The number of aryl methyl sites for hydroxylation is 2. The van der Waals surface area contributed by atoms with Crippen molar-refractivity contribution < 1.29 is 26.4 Å². The SMILES string of the molecule is CCc1nc2ncc(C)cn2c1C(=O)NCc1cccc(-c2nc3n(n2)CCN(S(=O)(=O)C(F)(F)F)C3)c1. The van der Waals surface area contributed by atoms with Crippen molar-refractivity contribution >= 4 is 21.7 Å². The summed E-state index contributed by atoms with van der Waals surface area (Å²) in [6.07, 6.45) is 4.04. The van der Waals surface area contributed by atoms with Crippen LogP contribution in [0.25, 0.3) is 17.2 Å². The van der Waals surface area contributed by atoms with Crippen LogP contribution in [-0.2, 0) is 36.1 Å². The molecule has 15 heteroatoms. The van der Waals surface area contributed by atoms with Crippen molar-refractivity contribution in [2.24, 2.45) is 0 Å². The zero-order chi connectivity index (χ0) is 27.2. The Morgan fingerprint density at radius 3 is 2.71 bits per heavy atom. The maximum Gasteiger partial charge on any atom is 0.511 e. The maximum absolute atomic E-state index is 13.1. The minimum atomic E-state index is -5.46. The first kappa shape index (κ1) is 25.8. The summed E-state index contributed by atoms with van der Waals surface area (Å²) in [6, 6.07) is 7.03. The monoisotopic (exact) mass is 548 g/mol. The van der Waals surface area contributed by atoms with Gasteiger partial charge in [-0.05, 0) is 30.5 Å². The molecule has 0 saturated heterocycles. The van der Waals surface area contributed by atoms with Crippen molar-refractivity contribution in [1.29, 1.82) is 0 Å². The lowest BCUT2D eigenvalue weighted by Crippen LogP contribution is -2.44. The number of fused-ring (bicyclic) bond motifs is 2. The van der Waals surface area contributed by atoms with E-state index in [1.165, 1.54) is 4.68 Å². The number of nitrogens with one attached hydrogen (secondary N) is 1. The highest BCUT2D eigenvalue weighted by Crippen LogP contribution is 2.30. The summed E-state index contributed by atoms with van der Waals surface area (Å²) in [5, 5.41) is 7.24. The number of alkyl halides is 3. The number of aromatic nitrogens is 6. The summed E-state index contributed by atoms with van der Waals surface area (Å²) in [5.41, 5.74) is -2.14. The van der Waals surface area contributed by atoms with E-state index >= 15 is 0 Å². The van der Waals surface area contributed by atoms with E-state index in [-0.39, 0.29) is 37.2 Å². The van der Waals surface area contributed by atoms with Crippen molar-refractivity contribution in [3.8, 4) is 11.4 Å². The van der Waals surface area contributed by atoms with E-state index < -0.39 is 22.1 Å². The van der Waals surface area contributed by atoms with Gasteiger partial charge in [0.25, 0.3) is 5.91 Å². The Labute approximate surface area is 215 Å². The van der Waals surface area contributed by atoms with Gasteiger partial charge in [-0.1, -0.05) is 25.1 Å². The smallest absolute Gasteiger partial charge is 0.347 e. The average Bonchev–Trinajstić information content (AvgIpc) is 3.47. The van der Waals surface area contributed by atoms with E-state index in [4.69, 9.17) is 0 Å². The average molecular weight is 549 g/mol. The second-order valence-corrected chi connectivity index (χ2v) is 10.7. The minimum Gasteiger partial charge on any atom is -0.347 e. The van der Waals surface area contributed by atoms with Crippen LogP contribution < -0.4 is 5.32 Å². The molecule has 1 aliphatic heterocycles. The quantitative estimate of drug-likeness (QED) is 0.392. The molecular weight excluding hydrogens is 525 g/mol. The van der Waals surface area contributed by atoms with Crippen molar-refractivity contribution in [2.75, 3.05) is 6.54 Å². The zero-order valence-corrected chi connectivity index (χ0v) is 21.2. The summed E-state index contributed by atoms with van der Waals surface area (Å²) in [6.45, 7) is 3.03. The van der Waals surface area contributed by atoms with Gasteiger partial charge in [-0.15, -0.1) is 0 Å². The molecule has 5 rings (SSSR count). The summed E-state index contributed by atoms with van der Waals surface area (Å²) in [4.78, 5) is 26.1. The highest BCUT2D eigenvalue weighted by molar-refractivity contribution is 7.89. The van der Waals surface area contributed by atoms with E-state index in [1.807, 2.05) is 13.8 Å². The summed E-state index contributed by atoms with van der Waals surface area (Å²) < 4.78 is 65.8. The van der Waals surface area contributed by atoms with Crippen LogP contribution in [0.3, 0.4) is 0 Å². The van der Waals surface area contributed by atoms with Gasteiger partial charge in [0.1, 0.15) is 11.5 Å². The second-order valence-electron chi connectivity index (χ2n) is 8.80. The van der Waals surface area contributed by atoms with Crippen LogP contribution in [-0.4, -0.2) is 59.8 Å². The van der Waals surface area contributed by atoms with Gasteiger partial charge in [-0.2, -0.15) is 22.6 Å². The number of imidazole rings is 1. The number of carbonyl (C=O) groups excluding carboxylic acids is 1. The molecule has 11 nitrogen and oxygen atoms in total. The molecule has 4 aromatic rings. The Morgan fingerprint density at radius 1 is 1.18 bits per heavy atom. The predicted molar refractivity (Wildman–Crippen MR) is 129 cm³/mol. The number of rotatable bonds is 6. The van der Waals surface area contributed by atoms with E-state index in [1.54, 1.807) is 41.1 Å². The van der Waals surface area contributed by atoms with Gasteiger partial charge in [0, 0.05) is 31.0 Å². The van der Waals surface area contributed by atoms with E-state index in [0.717, 1.165) is 11.1 Å². The van der Waals surface area contributed by atoms with Crippen molar-refractivity contribution in [3.05, 3.63) is 65.0 Å². The lowest BCUT2D eigenvalue weighted by atomic mass is 10.1. The van der Waals surface area contributed by atoms with Gasteiger partial charge in [0.15, 0.2) is 5.82 Å². The molecule has 4 heterocycles. The minimum absolute atomic E-state index is 0.0548. The summed E-state index contributed by atoms with van der Waals surface area (Å²) in [5.74, 6) is 0.488. The number of carbonyl (C=O) groups is 1. The Morgan fingerprint density at radius 2 is 1.97 bits per heavy atom. The number of hydrogen-bond donors (Lipinski definition) is 1. The molecule has 1 aromatic carbocycles. The molecule has 0 unspecified atom stereocenters. The first-order valence-corrected chi connectivity index (χ1v) is 13.1. The van der Waals surface area contributed by atoms with Gasteiger partial charge >= 0.3 is 15.5 Å². The first-order valence-electron chi connectivity index (χ1n) is 11.7. The zero-order valence-electron chi connectivity index (χ0n) is 20.4. The van der Waals surface area contributed by atoms with Crippen molar-refractivity contribution in [1.82, 2.24) is 38.8 Å². The summed E-state index contributed by atoms with van der Waals surface area (Å²) in [7, 11) is -5.46. The molecular formula is C23H23F3N8O3S. The fraction of sp³-hybridized carbons (Fsp3) is 0.348. The van der Waals surface area contributed by atoms with Crippen LogP contribution in [0, 0.1) is 6.92 Å². The van der Waals surface area contributed by atoms with Gasteiger partial charge in [-0.3, -0.25) is 9.20 Å². The normalized spacial score (nSPS) is 14.6. The fourth-order valence-electron chi connectivity index (χ4n) is 4.24. The van der Waals surface area contributed by atoms with E-state index in [2.05, 4.69) is 25.4 Å². The topological polar surface area (TPSA) is 127 Å². The van der Waals surface area contributed by atoms with Crippen LogP contribution >= 0.6 is 0 Å². The fourth-order valence-corrected chi connectivity index (χ4v) is 5.14. The molecule has 1 amide bonds. The Balaban J connectivity index is 1.33. The molecule has 0 spiro atoms. The first-order chi connectivity index (χ1) is 18.0. The molecule has 200 valence electrons. The van der Waals surface area contributed by atoms with Crippen molar-refractivity contribution in [3.63, 3.8) is 0 Å². The van der Waals surface area contributed by atoms with Gasteiger partial charge in [0.05, 0.1) is 18.8 Å². The molecule has 1 aliphatic rings. The molecule has 1 N–H and O–H groups in total. The standard InChI is InChI=1S/C23H23F3N8O3S/c1-3-17-19(33-12-14(2)10-28-22(33)29-17)21(35)27-11-15-5-4-6-16(9-15)20-30-18-13-32(7-8-34(18)31-20)38(36,37)23(24,25)26/h4-6,9-10,12H,3,7-8,11,13H2,1-2H3,(H,27,35). The number of sulfonamides is 1. The third-order valence-corrected chi connectivity index (χ3v) is 7.71.